The highest BCUT2D eigenvalue weighted by molar-refractivity contribution is 7.91. The summed E-state index contributed by atoms with van der Waals surface area (Å²) in [7, 11) is -3.46. The van der Waals surface area contributed by atoms with Gasteiger partial charge in [0.2, 0.25) is 10.0 Å². The standard InChI is InChI=1S/C16H20ClNO3S2/c1-4-14-5-6-15(22-14)23(19,20)18-7-8-21-13-9-11(2)16(17)12(3)10-13/h5-6,9-10,18H,4,7-8H2,1-3H3. The monoisotopic (exact) mass is 373 g/mol. The third-order valence-electron chi connectivity index (χ3n) is 3.32. The van der Waals surface area contributed by atoms with Crippen LogP contribution in [0.15, 0.2) is 28.5 Å². The lowest BCUT2D eigenvalue weighted by atomic mass is 10.1. The summed E-state index contributed by atoms with van der Waals surface area (Å²) in [6.07, 6.45) is 0.832. The van der Waals surface area contributed by atoms with E-state index in [-0.39, 0.29) is 13.2 Å². The van der Waals surface area contributed by atoms with Crippen LogP contribution in [0.1, 0.15) is 22.9 Å². The van der Waals surface area contributed by atoms with Gasteiger partial charge in [0.25, 0.3) is 0 Å². The summed E-state index contributed by atoms with van der Waals surface area (Å²) < 4.78 is 32.8. The van der Waals surface area contributed by atoms with Crippen molar-refractivity contribution in [2.45, 2.75) is 31.4 Å². The minimum Gasteiger partial charge on any atom is -0.492 e. The van der Waals surface area contributed by atoms with Crippen molar-refractivity contribution in [3.8, 4) is 5.75 Å². The molecule has 0 fully saturated rings. The van der Waals surface area contributed by atoms with Gasteiger partial charge in [-0.3, -0.25) is 0 Å². The van der Waals surface area contributed by atoms with Crippen LogP contribution in [0.4, 0.5) is 0 Å². The summed E-state index contributed by atoms with van der Waals surface area (Å²) in [5.41, 5.74) is 1.88. The molecule has 1 N–H and O–H groups in total. The number of aryl methyl sites for hydroxylation is 3. The Balaban J connectivity index is 1.90. The molecule has 0 amide bonds. The van der Waals surface area contributed by atoms with Crippen LogP contribution in [0.2, 0.25) is 5.02 Å². The van der Waals surface area contributed by atoms with Crippen LogP contribution in [0.25, 0.3) is 0 Å². The maximum absolute atomic E-state index is 12.2. The molecule has 23 heavy (non-hydrogen) atoms. The molecule has 0 saturated carbocycles. The van der Waals surface area contributed by atoms with Crippen LogP contribution in [0.3, 0.4) is 0 Å². The quantitative estimate of drug-likeness (QED) is 0.748. The van der Waals surface area contributed by atoms with Crippen LogP contribution in [0, 0.1) is 13.8 Å². The van der Waals surface area contributed by atoms with Crippen LogP contribution >= 0.6 is 22.9 Å². The zero-order chi connectivity index (χ0) is 17.0. The molecule has 0 unspecified atom stereocenters. The molecule has 1 aromatic heterocycles. The number of rotatable bonds is 7. The van der Waals surface area contributed by atoms with Gasteiger partial charge in [-0.1, -0.05) is 18.5 Å². The van der Waals surface area contributed by atoms with Crippen molar-refractivity contribution in [3.05, 3.63) is 45.3 Å². The Morgan fingerprint density at radius 1 is 1.22 bits per heavy atom. The van der Waals surface area contributed by atoms with Crippen LogP contribution < -0.4 is 9.46 Å². The highest BCUT2D eigenvalue weighted by Crippen LogP contribution is 2.26. The van der Waals surface area contributed by atoms with Gasteiger partial charge >= 0.3 is 0 Å². The SMILES string of the molecule is CCc1ccc(S(=O)(=O)NCCOc2cc(C)c(Cl)c(C)c2)s1. The third kappa shape index (κ3) is 4.70. The maximum Gasteiger partial charge on any atom is 0.250 e. The predicted molar refractivity (Wildman–Crippen MR) is 95.3 cm³/mol. The first kappa shape index (κ1) is 18.3. The van der Waals surface area contributed by atoms with E-state index in [0.29, 0.717) is 9.96 Å². The first-order chi connectivity index (χ1) is 10.8. The molecule has 0 aliphatic carbocycles. The molecule has 7 heteroatoms. The first-order valence-electron chi connectivity index (χ1n) is 7.31. The Kier molecular flexibility index (Phi) is 6.08. The lowest BCUT2D eigenvalue weighted by Gasteiger charge is -2.10. The van der Waals surface area contributed by atoms with E-state index in [9.17, 15) is 8.42 Å². The summed E-state index contributed by atoms with van der Waals surface area (Å²) in [4.78, 5) is 1.05. The molecular weight excluding hydrogens is 354 g/mol. The molecule has 0 atom stereocenters. The van der Waals surface area contributed by atoms with E-state index in [2.05, 4.69) is 4.72 Å². The molecule has 0 aliphatic rings. The number of hydrogen-bond donors (Lipinski definition) is 1. The summed E-state index contributed by atoms with van der Waals surface area (Å²) >= 11 is 7.40. The van der Waals surface area contributed by atoms with Crippen molar-refractivity contribution >= 4 is 33.0 Å². The Morgan fingerprint density at radius 2 is 1.87 bits per heavy atom. The number of ether oxygens (including phenoxy) is 1. The van der Waals surface area contributed by atoms with Gasteiger partial charge in [0.1, 0.15) is 16.6 Å². The van der Waals surface area contributed by atoms with Gasteiger partial charge < -0.3 is 4.74 Å². The molecule has 2 aromatic rings. The summed E-state index contributed by atoms with van der Waals surface area (Å²) in [5, 5.41) is 0.725. The number of nitrogens with one attached hydrogen (secondary N) is 1. The Hall–Kier alpha value is -1.08. The Morgan fingerprint density at radius 3 is 2.43 bits per heavy atom. The summed E-state index contributed by atoms with van der Waals surface area (Å²) in [6.45, 7) is 6.29. The second kappa shape index (κ2) is 7.66. The zero-order valence-electron chi connectivity index (χ0n) is 13.3. The maximum atomic E-state index is 12.2. The zero-order valence-corrected chi connectivity index (χ0v) is 15.7. The first-order valence-corrected chi connectivity index (χ1v) is 9.99. The molecule has 0 spiro atoms. The molecule has 4 nitrogen and oxygen atoms in total. The third-order valence-corrected chi connectivity index (χ3v) is 7.10. The van der Waals surface area contributed by atoms with Crippen LogP contribution in [-0.2, 0) is 16.4 Å². The van der Waals surface area contributed by atoms with Gasteiger partial charge in [0.15, 0.2) is 0 Å². The predicted octanol–water partition coefficient (Wildman–Crippen LogP) is 3.94. The van der Waals surface area contributed by atoms with Crippen LogP contribution in [0.5, 0.6) is 5.75 Å². The highest BCUT2D eigenvalue weighted by Gasteiger charge is 2.15. The summed E-state index contributed by atoms with van der Waals surface area (Å²) in [5.74, 6) is 0.688. The van der Waals surface area contributed by atoms with Crippen molar-refractivity contribution in [2.24, 2.45) is 0 Å². The second-order valence-electron chi connectivity index (χ2n) is 5.19. The largest absolute Gasteiger partial charge is 0.492 e. The molecule has 0 bridgehead atoms. The normalized spacial score (nSPS) is 11.7. The van der Waals surface area contributed by atoms with Crippen molar-refractivity contribution in [1.29, 1.82) is 0 Å². The smallest absolute Gasteiger partial charge is 0.250 e. The van der Waals surface area contributed by atoms with Gasteiger partial charge in [-0.05, 0) is 55.7 Å². The number of halogens is 1. The van der Waals surface area contributed by atoms with E-state index in [1.54, 1.807) is 6.07 Å². The lowest BCUT2D eigenvalue weighted by molar-refractivity contribution is 0.322. The average molecular weight is 374 g/mol. The van der Waals surface area contributed by atoms with E-state index < -0.39 is 10.0 Å². The fraction of sp³-hybridized carbons (Fsp3) is 0.375. The van der Waals surface area contributed by atoms with Crippen molar-refractivity contribution in [1.82, 2.24) is 4.72 Å². The van der Waals surface area contributed by atoms with Gasteiger partial charge in [-0.25, -0.2) is 13.1 Å². The van der Waals surface area contributed by atoms with E-state index in [1.807, 2.05) is 39.0 Å². The Bertz CT molecular complexity index is 761. The fourth-order valence-electron chi connectivity index (χ4n) is 2.10. The molecule has 1 aromatic carbocycles. The molecule has 0 aliphatic heterocycles. The fourth-order valence-corrected chi connectivity index (χ4v) is 4.56. The topological polar surface area (TPSA) is 55.4 Å². The number of benzene rings is 1. The van der Waals surface area contributed by atoms with Gasteiger partial charge in [-0.2, -0.15) is 0 Å². The highest BCUT2D eigenvalue weighted by atomic mass is 35.5. The summed E-state index contributed by atoms with van der Waals surface area (Å²) in [6, 6.07) is 7.17. The molecule has 1 heterocycles. The lowest BCUT2D eigenvalue weighted by Crippen LogP contribution is -2.27. The van der Waals surface area contributed by atoms with E-state index in [4.69, 9.17) is 16.3 Å². The molecule has 126 valence electrons. The minimum atomic E-state index is -3.46. The molecule has 0 radical (unpaired) electrons. The Labute approximate surface area is 146 Å². The van der Waals surface area contributed by atoms with Gasteiger partial charge in [0, 0.05) is 16.4 Å². The number of sulfonamides is 1. The second-order valence-corrected chi connectivity index (χ2v) is 8.73. The van der Waals surface area contributed by atoms with Gasteiger partial charge in [-0.15, -0.1) is 11.3 Å². The molecule has 0 saturated heterocycles. The molecule has 2 rings (SSSR count). The molecular formula is C16H20ClNO3S2. The van der Waals surface area contributed by atoms with Crippen molar-refractivity contribution < 1.29 is 13.2 Å². The van der Waals surface area contributed by atoms with E-state index in [1.165, 1.54) is 11.3 Å². The van der Waals surface area contributed by atoms with E-state index in [0.717, 1.165) is 27.4 Å². The minimum absolute atomic E-state index is 0.211. The number of hydrogen-bond acceptors (Lipinski definition) is 4. The average Bonchev–Trinajstić information content (AvgIpc) is 2.99. The van der Waals surface area contributed by atoms with Gasteiger partial charge in [0.05, 0.1) is 0 Å². The van der Waals surface area contributed by atoms with Crippen LogP contribution in [-0.4, -0.2) is 21.6 Å². The van der Waals surface area contributed by atoms with E-state index >= 15 is 0 Å². The van der Waals surface area contributed by atoms with Crippen molar-refractivity contribution in [3.63, 3.8) is 0 Å². The number of thiophene rings is 1. The van der Waals surface area contributed by atoms with Crippen molar-refractivity contribution in [2.75, 3.05) is 13.2 Å².